The molecule has 0 fully saturated rings. The van der Waals surface area contributed by atoms with Crippen LogP contribution in [0.3, 0.4) is 0 Å². The summed E-state index contributed by atoms with van der Waals surface area (Å²) in [4.78, 5) is 18.0. The number of fused-ring (bicyclic) bond motifs is 5. The van der Waals surface area contributed by atoms with Crippen LogP contribution in [0.25, 0.3) is 10.9 Å². The minimum absolute atomic E-state index is 0.179. The van der Waals surface area contributed by atoms with Gasteiger partial charge in [0, 0.05) is 29.3 Å². The van der Waals surface area contributed by atoms with Crippen LogP contribution < -0.4 is 0 Å². The number of benzene rings is 1. The summed E-state index contributed by atoms with van der Waals surface area (Å²) in [5, 5.41) is 1.32. The molecule has 0 unspecified atom stereocenters. The van der Waals surface area contributed by atoms with E-state index in [0.29, 0.717) is 6.42 Å². The van der Waals surface area contributed by atoms with Crippen molar-refractivity contribution in [3.8, 4) is 0 Å². The third-order valence-electron chi connectivity index (χ3n) is 5.40. The number of halogens is 1. The van der Waals surface area contributed by atoms with E-state index in [9.17, 15) is 4.79 Å². The number of H-pyrrole nitrogens is 1. The molecule has 2 aliphatic rings. The van der Waals surface area contributed by atoms with Crippen molar-refractivity contribution in [2.24, 2.45) is 0 Å². The van der Waals surface area contributed by atoms with Crippen molar-refractivity contribution in [2.45, 2.75) is 36.6 Å². The number of ether oxygens (including phenoxy) is 1. The van der Waals surface area contributed by atoms with Crippen molar-refractivity contribution < 1.29 is 9.53 Å². The Balaban J connectivity index is 1.87. The van der Waals surface area contributed by atoms with Gasteiger partial charge in [0.1, 0.15) is 0 Å². The van der Waals surface area contributed by atoms with Gasteiger partial charge in [0.25, 0.3) is 0 Å². The van der Waals surface area contributed by atoms with Crippen LogP contribution in [0.1, 0.15) is 37.1 Å². The number of aromatic nitrogens is 1. The number of methoxy groups -OCH3 is 1. The van der Waals surface area contributed by atoms with Crippen LogP contribution in [0.5, 0.6) is 0 Å². The van der Waals surface area contributed by atoms with Crippen molar-refractivity contribution in [1.82, 2.24) is 9.88 Å². The molecule has 2 aromatic rings. The fraction of sp³-hybridized carbons (Fsp3) is 0.421. The summed E-state index contributed by atoms with van der Waals surface area (Å²) in [6.45, 7) is 3.08. The van der Waals surface area contributed by atoms with E-state index >= 15 is 0 Å². The lowest BCUT2D eigenvalue weighted by Gasteiger charge is -2.48. The standard InChI is InChI=1S/C19H21BrN2O2/c1-3-19(20)10-12(18(23)24-2)11-22-9-8-14-13-6-4-5-7-15(13)21-16(14)17(19)22/h4-7,11,17,21H,3,8-10H2,1-2H3/t17-,19+/m0/s1. The fourth-order valence-corrected chi connectivity index (χ4v) is 4.98. The molecule has 0 bridgehead atoms. The van der Waals surface area contributed by atoms with E-state index in [1.807, 2.05) is 6.20 Å². The summed E-state index contributed by atoms with van der Waals surface area (Å²) < 4.78 is 4.78. The van der Waals surface area contributed by atoms with Crippen molar-refractivity contribution >= 4 is 32.8 Å². The molecule has 1 aromatic heterocycles. The second-order valence-electron chi connectivity index (χ2n) is 6.66. The van der Waals surface area contributed by atoms with Crippen LogP contribution in [0.2, 0.25) is 0 Å². The maximum atomic E-state index is 12.1. The van der Waals surface area contributed by atoms with E-state index in [0.717, 1.165) is 25.0 Å². The molecule has 2 atom stereocenters. The van der Waals surface area contributed by atoms with E-state index in [2.05, 4.69) is 57.0 Å². The fourth-order valence-electron chi connectivity index (χ4n) is 4.19. The normalized spacial score (nSPS) is 25.9. The quantitative estimate of drug-likeness (QED) is 0.622. The van der Waals surface area contributed by atoms with Gasteiger partial charge in [-0.2, -0.15) is 0 Å². The molecule has 126 valence electrons. The van der Waals surface area contributed by atoms with Crippen LogP contribution in [0.15, 0.2) is 36.0 Å². The Bertz CT molecular complexity index is 841. The summed E-state index contributed by atoms with van der Waals surface area (Å²) in [6, 6.07) is 8.70. The largest absolute Gasteiger partial charge is 0.466 e. The Morgan fingerprint density at radius 3 is 3.00 bits per heavy atom. The van der Waals surface area contributed by atoms with Gasteiger partial charge in [-0.05, 0) is 30.9 Å². The molecular formula is C19H21BrN2O2. The van der Waals surface area contributed by atoms with Gasteiger partial charge in [0.05, 0.1) is 23.0 Å². The number of para-hydroxylation sites is 1. The van der Waals surface area contributed by atoms with Gasteiger partial charge in [-0.25, -0.2) is 4.79 Å². The van der Waals surface area contributed by atoms with Gasteiger partial charge in [-0.3, -0.25) is 0 Å². The van der Waals surface area contributed by atoms with Gasteiger partial charge < -0.3 is 14.6 Å². The molecule has 24 heavy (non-hydrogen) atoms. The molecule has 0 spiro atoms. The average molecular weight is 389 g/mol. The molecule has 0 amide bonds. The molecule has 1 aromatic carbocycles. The Kier molecular flexibility index (Phi) is 3.71. The number of nitrogens with one attached hydrogen (secondary N) is 1. The smallest absolute Gasteiger partial charge is 0.335 e. The zero-order chi connectivity index (χ0) is 16.9. The first-order chi connectivity index (χ1) is 11.6. The molecule has 0 radical (unpaired) electrons. The lowest BCUT2D eigenvalue weighted by molar-refractivity contribution is -0.136. The molecule has 4 nitrogen and oxygen atoms in total. The number of hydrogen-bond donors (Lipinski definition) is 1. The van der Waals surface area contributed by atoms with Crippen LogP contribution in [0.4, 0.5) is 0 Å². The summed E-state index contributed by atoms with van der Waals surface area (Å²) in [5.41, 5.74) is 4.63. The first-order valence-corrected chi connectivity index (χ1v) is 9.20. The third kappa shape index (κ3) is 2.21. The summed E-state index contributed by atoms with van der Waals surface area (Å²) in [6.07, 6.45) is 4.58. The number of esters is 1. The van der Waals surface area contributed by atoms with Crippen LogP contribution in [-0.4, -0.2) is 33.8 Å². The van der Waals surface area contributed by atoms with Gasteiger partial charge in [0.2, 0.25) is 0 Å². The molecule has 4 rings (SSSR count). The molecule has 5 heteroatoms. The van der Waals surface area contributed by atoms with E-state index in [4.69, 9.17) is 4.74 Å². The lowest BCUT2D eigenvalue weighted by atomic mass is 9.80. The van der Waals surface area contributed by atoms with E-state index < -0.39 is 0 Å². The third-order valence-corrected chi connectivity index (χ3v) is 6.68. The predicted molar refractivity (Wildman–Crippen MR) is 98.1 cm³/mol. The number of carbonyl (C=O) groups excluding carboxylic acids is 1. The molecule has 1 N–H and O–H groups in total. The van der Waals surface area contributed by atoms with Crippen LogP contribution in [-0.2, 0) is 16.0 Å². The number of carbonyl (C=O) groups is 1. The lowest BCUT2D eigenvalue weighted by Crippen LogP contribution is -2.47. The van der Waals surface area contributed by atoms with Gasteiger partial charge in [0.15, 0.2) is 0 Å². The van der Waals surface area contributed by atoms with E-state index in [1.165, 1.54) is 29.3 Å². The highest BCUT2D eigenvalue weighted by Crippen LogP contribution is 2.51. The highest BCUT2D eigenvalue weighted by Gasteiger charge is 2.47. The highest BCUT2D eigenvalue weighted by molar-refractivity contribution is 9.10. The van der Waals surface area contributed by atoms with Crippen molar-refractivity contribution in [3.05, 3.63) is 47.3 Å². The van der Waals surface area contributed by atoms with E-state index in [-0.39, 0.29) is 16.3 Å². The highest BCUT2D eigenvalue weighted by atomic mass is 79.9. The Morgan fingerprint density at radius 2 is 2.25 bits per heavy atom. The predicted octanol–water partition coefficient (Wildman–Crippen LogP) is 4.07. The second kappa shape index (κ2) is 5.66. The topological polar surface area (TPSA) is 45.3 Å². The zero-order valence-electron chi connectivity index (χ0n) is 13.9. The first kappa shape index (κ1) is 15.8. The maximum absolute atomic E-state index is 12.1. The zero-order valence-corrected chi connectivity index (χ0v) is 15.5. The summed E-state index contributed by atoms with van der Waals surface area (Å²) >= 11 is 3.99. The molecule has 0 aliphatic carbocycles. The first-order valence-electron chi connectivity index (χ1n) is 8.40. The molecule has 2 aliphatic heterocycles. The summed E-state index contributed by atoms with van der Waals surface area (Å²) in [7, 11) is 1.45. The molecule has 3 heterocycles. The van der Waals surface area contributed by atoms with Crippen molar-refractivity contribution in [3.63, 3.8) is 0 Å². The average Bonchev–Trinajstić information content (AvgIpc) is 2.99. The van der Waals surface area contributed by atoms with E-state index in [1.54, 1.807) is 0 Å². The van der Waals surface area contributed by atoms with Gasteiger partial charge in [-0.15, -0.1) is 0 Å². The summed E-state index contributed by atoms with van der Waals surface area (Å²) in [5.74, 6) is -0.229. The number of hydrogen-bond acceptors (Lipinski definition) is 3. The minimum atomic E-state index is -0.229. The Morgan fingerprint density at radius 1 is 1.46 bits per heavy atom. The second-order valence-corrected chi connectivity index (χ2v) is 8.24. The van der Waals surface area contributed by atoms with Crippen molar-refractivity contribution in [2.75, 3.05) is 13.7 Å². The van der Waals surface area contributed by atoms with Crippen LogP contribution >= 0.6 is 15.9 Å². The molecular weight excluding hydrogens is 368 g/mol. The molecule has 0 saturated heterocycles. The minimum Gasteiger partial charge on any atom is -0.466 e. The van der Waals surface area contributed by atoms with Gasteiger partial charge in [-0.1, -0.05) is 41.1 Å². The number of aromatic amines is 1. The monoisotopic (exact) mass is 388 g/mol. The maximum Gasteiger partial charge on any atom is 0.335 e. The number of nitrogens with zero attached hydrogens (tertiary/aromatic N) is 1. The van der Waals surface area contributed by atoms with Gasteiger partial charge >= 0.3 is 5.97 Å². The van der Waals surface area contributed by atoms with Crippen LogP contribution in [0, 0.1) is 0 Å². The number of rotatable bonds is 2. The Hall–Kier alpha value is -1.75. The van der Waals surface area contributed by atoms with Crippen molar-refractivity contribution in [1.29, 1.82) is 0 Å². The Labute approximate surface area is 150 Å². The molecule has 0 saturated carbocycles. The number of alkyl halides is 1. The SMILES string of the molecule is CC[C@@]1(Br)CC(C(=O)OC)=CN2CCc3c([nH]c4ccccc34)[C@H]21.